The lowest BCUT2D eigenvalue weighted by molar-refractivity contribution is -0.358. The van der Waals surface area contributed by atoms with Gasteiger partial charge in [-0.15, -0.1) is 0 Å². The highest BCUT2D eigenvalue weighted by Gasteiger charge is 2.52. The average molecular weight is 859 g/mol. The topological polar surface area (TPSA) is 392 Å². The van der Waals surface area contributed by atoms with E-state index in [-0.39, 0.29) is 17.1 Å². The summed E-state index contributed by atoms with van der Waals surface area (Å²) in [6.07, 6.45) is -29.2. The molecule has 0 bridgehead atoms. The molecule has 0 saturated carbocycles. The van der Waals surface area contributed by atoms with Gasteiger partial charge in [-0.05, 0) is 24.3 Å². The van der Waals surface area contributed by atoms with Crippen molar-refractivity contribution in [2.24, 2.45) is 0 Å². The van der Waals surface area contributed by atoms with Crippen molar-refractivity contribution in [3.8, 4) is 34.3 Å². The van der Waals surface area contributed by atoms with Crippen LogP contribution in [0.15, 0.2) is 45.6 Å². The Hall–Kier alpha value is -4.77. The van der Waals surface area contributed by atoms with Gasteiger partial charge in [-0.25, -0.2) is 0 Å². The molecular weight excluding hydrogens is 816 g/mol. The van der Waals surface area contributed by atoms with E-state index in [4.69, 9.17) is 42.7 Å². The highest BCUT2D eigenvalue weighted by molar-refractivity contribution is 5.90. The van der Waals surface area contributed by atoms with E-state index in [1.54, 1.807) is 0 Å². The summed E-state index contributed by atoms with van der Waals surface area (Å²) in [7, 11) is 0. The summed E-state index contributed by atoms with van der Waals surface area (Å²) in [4.78, 5) is 37.4. The number of carboxylic acid groups (broad SMARTS) is 1. The Morgan fingerprint density at radius 3 is 1.83 bits per heavy atom. The molecule has 3 saturated heterocycles. The zero-order valence-corrected chi connectivity index (χ0v) is 30.8. The molecular formula is C36H42O24. The minimum absolute atomic E-state index is 0.00323. The molecule has 4 heterocycles. The van der Waals surface area contributed by atoms with Crippen molar-refractivity contribution in [2.45, 2.75) is 98.5 Å². The normalized spacial score (nSPS) is 34.5. The number of esters is 1. The summed E-state index contributed by atoms with van der Waals surface area (Å²) in [6.45, 7) is -2.59. The molecule has 0 radical (unpaired) electrons. The first-order chi connectivity index (χ1) is 28.4. The van der Waals surface area contributed by atoms with Gasteiger partial charge in [-0.3, -0.25) is 14.4 Å². The van der Waals surface area contributed by atoms with Crippen molar-refractivity contribution in [3.63, 3.8) is 0 Å². The van der Waals surface area contributed by atoms with Crippen LogP contribution < -0.4 is 14.9 Å². The van der Waals surface area contributed by atoms with Gasteiger partial charge in [0.05, 0.1) is 13.2 Å². The fourth-order valence-corrected chi connectivity index (χ4v) is 6.62. The van der Waals surface area contributed by atoms with E-state index in [1.807, 2.05) is 0 Å². The Morgan fingerprint density at radius 2 is 1.23 bits per heavy atom. The van der Waals surface area contributed by atoms with E-state index in [0.29, 0.717) is 0 Å². The SMILES string of the molecule is O=C(O)CC(=O)OC[C@H]1O[C@@H](Oc2c(-c3ccc(O)cc3)oc3cc(O[C@@H]4O[C@H](CO)[C@@H](O)[C@H](O)[C@H]4O)cc(O)c3c2=O)[C@H](O[C@@H]2O[C@H](CO)[C@@H](O)[C@H](O)[C@H]2O)[C@@H](O)[C@@H]1O. The van der Waals surface area contributed by atoms with Gasteiger partial charge in [0.25, 0.3) is 0 Å². The van der Waals surface area contributed by atoms with Crippen LogP contribution in [0.3, 0.4) is 0 Å². The van der Waals surface area contributed by atoms with Gasteiger partial charge in [0, 0.05) is 17.7 Å². The number of phenols is 2. The number of aromatic hydroxyl groups is 2. The van der Waals surface area contributed by atoms with E-state index in [2.05, 4.69) is 0 Å². The quantitative estimate of drug-likeness (QED) is 0.0566. The molecule has 0 amide bonds. The Balaban J connectivity index is 1.41. The lowest BCUT2D eigenvalue weighted by atomic mass is 9.97. The van der Waals surface area contributed by atoms with Crippen molar-refractivity contribution >= 4 is 22.9 Å². The number of aliphatic hydroxyl groups excluding tert-OH is 10. The molecule has 0 spiro atoms. The number of hydrogen-bond donors (Lipinski definition) is 13. The molecule has 3 aliphatic heterocycles. The van der Waals surface area contributed by atoms with Crippen molar-refractivity contribution in [1.29, 1.82) is 0 Å². The van der Waals surface area contributed by atoms with Crippen LogP contribution in [0, 0.1) is 0 Å². The van der Waals surface area contributed by atoms with E-state index in [0.717, 1.165) is 12.1 Å². The molecule has 0 aliphatic carbocycles. The summed E-state index contributed by atoms with van der Waals surface area (Å²) >= 11 is 0. The van der Waals surface area contributed by atoms with Gasteiger partial charge in [-0.1, -0.05) is 0 Å². The third-order valence-electron chi connectivity index (χ3n) is 9.86. The monoisotopic (exact) mass is 858 g/mol. The van der Waals surface area contributed by atoms with Gasteiger partial charge in [-0.2, -0.15) is 0 Å². The van der Waals surface area contributed by atoms with Crippen molar-refractivity contribution in [2.75, 3.05) is 19.8 Å². The van der Waals surface area contributed by atoms with Gasteiger partial charge in [0.2, 0.25) is 23.8 Å². The third-order valence-corrected chi connectivity index (χ3v) is 9.86. The van der Waals surface area contributed by atoms with Crippen molar-refractivity contribution in [1.82, 2.24) is 0 Å². The maximum absolute atomic E-state index is 14.4. The molecule has 2 aromatic carbocycles. The summed E-state index contributed by atoms with van der Waals surface area (Å²) in [5.74, 6) is -5.54. The Bertz CT molecular complexity index is 2040. The minimum Gasteiger partial charge on any atom is -0.508 e. The van der Waals surface area contributed by atoms with E-state index in [9.17, 15) is 75.7 Å². The fraction of sp³-hybridized carbons (Fsp3) is 0.528. The molecule has 330 valence electrons. The molecule has 60 heavy (non-hydrogen) atoms. The number of carboxylic acids is 1. The predicted octanol–water partition coefficient (Wildman–Crippen LogP) is -4.92. The number of fused-ring (bicyclic) bond motifs is 1. The number of benzene rings is 2. The van der Waals surface area contributed by atoms with Gasteiger partial charge < -0.3 is 104 Å². The first kappa shape index (κ1) is 44.8. The second-order valence-corrected chi connectivity index (χ2v) is 14.0. The van der Waals surface area contributed by atoms with Crippen LogP contribution in [0.1, 0.15) is 6.42 Å². The third kappa shape index (κ3) is 9.11. The number of ether oxygens (including phenoxy) is 7. The summed E-state index contributed by atoms with van der Waals surface area (Å²) in [5.41, 5.74) is -1.59. The standard InChI is InChI=1S/C36H42O24/c37-8-16-22(44)26(48)29(51)34(56-16)54-13-5-14(40)21-15(6-13)55-31(11-1-3-12(39)4-2-11)32(25(21)47)59-36-33(60-35-30(52)27(49)23(45)17(9-38)57-35)28(50)24(46)18(58-36)10-53-20(43)7-19(41)42/h1-6,16-18,22-24,26-30,33-40,44-46,48-52H,7-10H2,(H,41,42)/t16-,17-,18-,22-,23-,24-,26+,27+,28+,29-,30-,33-,34-,35+,36+/m1/s1. The minimum atomic E-state index is -2.17. The zero-order valence-electron chi connectivity index (χ0n) is 30.8. The number of hydrogen-bond acceptors (Lipinski definition) is 23. The number of rotatable bonds is 13. The average Bonchev–Trinajstić information content (AvgIpc) is 3.20. The van der Waals surface area contributed by atoms with E-state index >= 15 is 0 Å². The summed E-state index contributed by atoms with van der Waals surface area (Å²) in [6, 6.07) is 6.80. The Morgan fingerprint density at radius 1 is 0.667 bits per heavy atom. The molecule has 1 aromatic heterocycles. The van der Waals surface area contributed by atoms with Gasteiger partial charge >= 0.3 is 11.9 Å². The van der Waals surface area contributed by atoms with E-state index < -0.39 is 164 Å². The summed E-state index contributed by atoms with van der Waals surface area (Å²) in [5, 5.41) is 133. The molecule has 15 atom stereocenters. The molecule has 6 rings (SSSR count). The number of carbonyl (C=O) groups is 2. The van der Waals surface area contributed by atoms with Crippen LogP contribution in [-0.2, 0) is 33.3 Å². The van der Waals surface area contributed by atoms with Crippen molar-refractivity contribution < 1.29 is 114 Å². The molecule has 13 N–H and O–H groups in total. The molecule has 24 heteroatoms. The first-order valence-electron chi connectivity index (χ1n) is 18.1. The largest absolute Gasteiger partial charge is 0.508 e. The Labute approximate surface area is 335 Å². The predicted molar refractivity (Wildman–Crippen MR) is 189 cm³/mol. The smallest absolute Gasteiger partial charge is 0.317 e. The highest BCUT2D eigenvalue weighted by Crippen LogP contribution is 2.39. The summed E-state index contributed by atoms with van der Waals surface area (Å²) < 4.78 is 44.8. The fourth-order valence-electron chi connectivity index (χ4n) is 6.62. The maximum atomic E-state index is 14.4. The van der Waals surface area contributed by atoms with Gasteiger partial charge in [0.1, 0.15) is 108 Å². The number of phenolic OH excluding ortho intramolecular Hbond substituents is 2. The van der Waals surface area contributed by atoms with E-state index in [1.165, 1.54) is 24.3 Å². The van der Waals surface area contributed by atoms with Crippen LogP contribution in [0.5, 0.6) is 23.0 Å². The van der Waals surface area contributed by atoms with Crippen molar-refractivity contribution in [3.05, 3.63) is 46.6 Å². The Kier molecular flexibility index (Phi) is 13.8. The highest BCUT2D eigenvalue weighted by atomic mass is 16.8. The lowest BCUT2D eigenvalue weighted by Gasteiger charge is -2.45. The molecule has 0 unspecified atom stereocenters. The van der Waals surface area contributed by atoms with Crippen LogP contribution in [0.2, 0.25) is 0 Å². The first-order valence-corrected chi connectivity index (χ1v) is 18.1. The lowest BCUT2D eigenvalue weighted by Crippen LogP contribution is -2.65. The zero-order chi connectivity index (χ0) is 43.7. The molecule has 3 aromatic rings. The number of aliphatic hydroxyl groups is 10. The molecule has 3 aliphatic rings. The van der Waals surface area contributed by atoms with Crippen LogP contribution in [-0.4, -0.2) is 190 Å². The molecule has 24 nitrogen and oxygen atoms in total. The number of carbonyl (C=O) groups excluding carboxylic acids is 1. The molecule has 3 fully saturated rings. The second kappa shape index (κ2) is 18.5. The van der Waals surface area contributed by atoms with Crippen LogP contribution >= 0.6 is 0 Å². The maximum Gasteiger partial charge on any atom is 0.317 e. The number of aliphatic carboxylic acids is 1. The van der Waals surface area contributed by atoms with Crippen LogP contribution in [0.25, 0.3) is 22.3 Å². The van der Waals surface area contributed by atoms with Crippen LogP contribution in [0.4, 0.5) is 0 Å². The second-order valence-electron chi connectivity index (χ2n) is 14.0. The van der Waals surface area contributed by atoms with Gasteiger partial charge in [0.15, 0.2) is 18.2 Å².